The topological polar surface area (TPSA) is 36.0 Å². The first-order valence-corrected chi connectivity index (χ1v) is 9.06. The van der Waals surface area contributed by atoms with Gasteiger partial charge in [0.15, 0.2) is 0 Å². The molecule has 1 amide bonds. The highest BCUT2D eigenvalue weighted by atomic mass is 16.5. The monoisotopic (exact) mass is 331 g/mol. The van der Waals surface area contributed by atoms with Crippen LogP contribution in [0.15, 0.2) is 30.3 Å². The third kappa shape index (κ3) is 5.03. The summed E-state index contributed by atoms with van der Waals surface area (Å²) in [5.74, 6) is 0.189. The molecule has 1 aromatic rings. The average Bonchev–Trinajstić information content (AvgIpc) is 2.81. The molecule has 2 heterocycles. The molecule has 24 heavy (non-hydrogen) atoms. The number of benzene rings is 1. The van der Waals surface area contributed by atoms with Crippen LogP contribution in [-0.2, 0) is 16.1 Å². The SMILES string of the molecule is CC(=O)N1CCN(CC2CN(Cc3ccccc3)CCCO2)CC1. The quantitative estimate of drug-likeness (QED) is 0.836. The molecule has 0 bridgehead atoms. The van der Waals surface area contributed by atoms with Crippen LogP contribution in [0.3, 0.4) is 0 Å². The average molecular weight is 331 g/mol. The fourth-order valence-electron chi connectivity index (χ4n) is 3.60. The van der Waals surface area contributed by atoms with Crippen LogP contribution >= 0.6 is 0 Å². The number of hydrogen-bond acceptors (Lipinski definition) is 4. The van der Waals surface area contributed by atoms with E-state index in [-0.39, 0.29) is 12.0 Å². The smallest absolute Gasteiger partial charge is 0.219 e. The Hall–Kier alpha value is -1.43. The molecule has 0 aromatic heterocycles. The zero-order valence-corrected chi connectivity index (χ0v) is 14.7. The van der Waals surface area contributed by atoms with Crippen LogP contribution in [0.1, 0.15) is 18.9 Å². The zero-order valence-electron chi connectivity index (χ0n) is 14.7. The van der Waals surface area contributed by atoms with Gasteiger partial charge in [-0.2, -0.15) is 0 Å². The Morgan fingerprint density at radius 3 is 2.54 bits per heavy atom. The van der Waals surface area contributed by atoms with E-state index in [0.717, 1.165) is 65.4 Å². The molecular formula is C19H29N3O2. The van der Waals surface area contributed by atoms with Crippen molar-refractivity contribution in [3.05, 3.63) is 35.9 Å². The molecule has 3 rings (SSSR count). The number of nitrogens with zero attached hydrogens (tertiary/aromatic N) is 3. The summed E-state index contributed by atoms with van der Waals surface area (Å²) >= 11 is 0. The van der Waals surface area contributed by atoms with Gasteiger partial charge in [-0.05, 0) is 12.0 Å². The molecule has 1 unspecified atom stereocenters. The standard InChI is InChI=1S/C19H29N3O2/c1-17(23)22-11-9-20(10-12-22)15-19-16-21(8-5-13-24-19)14-18-6-3-2-4-7-18/h2-4,6-7,19H,5,8-16H2,1H3. The molecular weight excluding hydrogens is 302 g/mol. The molecule has 5 nitrogen and oxygen atoms in total. The number of piperazine rings is 1. The normalized spacial score (nSPS) is 23.9. The molecule has 5 heteroatoms. The van der Waals surface area contributed by atoms with Crippen molar-refractivity contribution >= 4 is 5.91 Å². The zero-order chi connectivity index (χ0) is 16.8. The van der Waals surface area contributed by atoms with Crippen molar-refractivity contribution in [2.45, 2.75) is 26.0 Å². The van der Waals surface area contributed by atoms with E-state index in [1.807, 2.05) is 4.90 Å². The van der Waals surface area contributed by atoms with Gasteiger partial charge in [-0.3, -0.25) is 14.6 Å². The van der Waals surface area contributed by atoms with Crippen LogP contribution in [0.4, 0.5) is 0 Å². The van der Waals surface area contributed by atoms with Gasteiger partial charge in [0, 0.05) is 65.9 Å². The van der Waals surface area contributed by atoms with Gasteiger partial charge in [-0.1, -0.05) is 30.3 Å². The summed E-state index contributed by atoms with van der Waals surface area (Å²) in [4.78, 5) is 18.3. The Bertz CT molecular complexity index is 515. The van der Waals surface area contributed by atoms with Crippen LogP contribution in [0, 0.1) is 0 Å². The summed E-state index contributed by atoms with van der Waals surface area (Å²) in [5.41, 5.74) is 1.37. The van der Waals surface area contributed by atoms with E-state index in [1.54, 1.807) is 6.92 Å². The molecule has 0 aliphatic carbocycles. The molecule has 2 aliphatic heterocycles. The van der Waals surface area contributed by atoms with E-state index < -0.39 is 0 Å². The van der Waals surface area contributed by atoms with E-state index in [4.69, 9.17) is 4.74 Å². The molecule has 1 aromatic carbocycles. The summed E-state index contributed by atoms with van der Waals surface area (Å²) in [6.45, 7) is 10.2. The largest absolute Gasteiger partial charge is 0.376 e. The first-order valence-electron chi connectivity index (χ1n) is 9.06. The van der Waals surface area contributed by atoms with E-state index >= 15 is 0 Å². The molecule has 0 radical (unpaired) electrons. The number of hydrogen-bond donors (Lipinski definition) is 0. The lowest BCUT2D eigenvalue weighted by Crippen LogP contribution is -2.51. The Balaban J connectivity index is 1.49. The summed E-state index contributed by atoms with van der Waals surface area (Å²) in [6, 6.07) is 10.7. The third-order valence-corrected chi connectivity index (χ3v) is 4.96. The lowest BCUT2D eigenvalue weighted by atomic mass is 10.2. The maximum absolute atomic E-state index is 11.4. The molecule has 0 spiro atoms. The van der Waals surface area contributed by atoms with Crippen molar-refractivity contribution in [1.29, 1.82) is 0 Å². The number of carbonyl (C=O) groups excluding carboxylic acids is 1. The Morgan fingerprint density at radius 2 is 1.83 bits per heavy atom. The Morgan fingerprint density at radius 1 is 1.08 bits per heavy atom. The number of carbonyl (C=O) groups is 1. The van der Waals surface area contributed by atoms with Gasteiger partial charge in [0.25, 0.3) is 0 Å². The van der Waals surface area contributed by atoms with Crippen molar-refractivity contribution in [2.75, 3.05) is 52.4 Å². The fourth-order valence-corrected chi connectivity index (χ4v) is 3.60. The van der Waals surface area contributed by atoms with Gasteiger partial charge in [-0.15, -0.1) is 0 Å². The Labute approximate surface area is 145 Å². The lowest BCUT2D eigenvalue weighted by molar-refractivity contribution is -0.130. The molecule has 0 saturated carbocycles. The van der Waals surface area contributed by atoms with Crippen LogP contribution in [0.2, 0.25) is 0 Å². The van der Waals surface area contributed by atoms with Crippen LogP contribution in [0.5, 0.6) is 0 Å². The summed E-state index contributed by atoms with van der Waals surface area (Å²) in [7, 11) is 0. The highest BCUT2D eigenvalue weighted by molar-refractivity contribution is 5.73. The van der Waals surface area contributed by atoms with E-state index in [9.17, 15) is 4.79 Å². The molecule has 0 N–H and O–H groups in total. The first-order chi connectivity index (χ1) is 11.7. The highest BCUT2D eigenvalue weighted by Gasteiger charge is 2.24. The van der Waals surface area contributed by atoms with Gasteiger partial charge in [0.1, 0.15) is 0 Å². The van der Waals surface area contributed by atoms with Crippen molar-refractivity contribution in [1.82, 2.24) is 14.7 Å². The first kappa shape index (κ1) is 17.4. The van der Waals surface area contributed by atoms with Crippen molar-refractivity contribution in [2.24, 2.45) is 0 Å². The van der Waals surface area contributed by atoms with Crippen LogP contribution in [-0.4, -0.2) is 79.1 Å². The third-order valence-electron chi connectivity index (χ3n) is 4.96. The summed E-state index contributed by atoms with van der Waals surface area (Å²) in [6.07, 6.45) is 1.36. The van der Waals surface area contributed by atoms with Gasteiger partial charge in [0.05, 0.1) is 6.10 Å². The minimum atomic E-state index is 0.189. The van der Waals surface area contributed by atoms with Crippen LogP contribution < -0.4 is 0 Å². The molecule has 2 aliphatic rings. The minimum Gasteiger partial charge on any atom is -0.376 e. The Kier molecular flexibility index (Phi) is 6.24. The number of ether oxygens (including phenoxy) is 1. The molecule has 1 atom stereocenters. The fraction of sp³-hybridized carbons (Fsp3) is 0.632. The second-order valence-electron chi connectivity index (χ2n) is 6.87. The number of rotatable bonds is 4. The van der Waals surface area contributed by atoms with E-state index in [1.165, 1.54) is 5.56 Å². The van der Waals surface area contributed by atoms with Crippen molar-refractivity contribution < 1.29 is 9.53 Å². The van der Waals surface area contributed by atoms with Gasteiger partial charge in [-0.25, -0.2) is 0 Å². The van der Waals surface area contributed by atoms with Gasteiger partial charge >= 0.3 is 0 Å². The van der Waals surface area contributed by atoms with Gasteiger partial charge in [0.2, 0.25) is 5.91 Å². The predicted octanol–water partition coefficient (Wildman–Crippen LogP) is 1.44. The second-order valence-corrected chi connectivity index (χ2v) is 6.87. The second kappa shape index (κ2) is 8.60. The predicted molar refractivity (Wildman–Crippen MR) is 94.8 cm³/mol. The lowest BCUT2D eigenvalue weighted by Gasteiger charge is -2.36. The summed E-state index contributed by atoms with van der Waals surface area (Å²) < 4.78 is 6.08. The highest BCUT2D eigenvalue weighted by Crippen LogP contribution is 2.13. The van der Waals surface area contributed by atoms with Gasteiger partial charge < -0.3 is 9.64 Å². The molecule has 2 fully saturated rings. The van der Waals surface area contributed by atoms with Crippen molar-refractivity contribution in [3.8, 4) is 0 Å². The van der Waals surface area contributed by atoms with Crippen molar-refractivity contribution in [3.63, 3.8) is 0 Å². The minimum absolute atomic E-state index is 0.189. The molecule has 132 valence electrons. The van der Waals surface area contributed by atoms with Crippen LogP contribution in [0.25, 0.3) is 0 Å². The molecule has 2 saturated heterocycles. The maximum atomic E-state index is 11.4. The van der Waals surface area contributed by atoms with E-state index in [2.05, 4.69) is 40.1 Å². The summed E-state index contributed by atoms with van der Waals surface area (Å²) in [5, 5.41) is 0. The van der Waals surface area contributed by atoms with E-state index in [0.29, 0.717) is 0 Å². The number of amides is 1. The maximum Gasteiger partial charge on any atom is 0.219 e.